The second-order valence-electron chi connectivity index (χ2n) is 5.01. The molecule has 0 bridgehead atoms. The molecule has 21 heavy (non-hydrogen) atoms. The summed E-state index contributed by atoms with van der Waals surface area (Å²) in [5, 5.41) is 5.99. The van der Waals surface area contributed by atoms with Gasteiger partial charge in [0.05, 0.1) is 0 Å². The lowest BCUT2D eigenvalue weighted by atomic mass is 10.0. The predicted molar refractivity (Wildman–Crippen MR) is 79.9 cm³/mol. The average molecular weight is 283 g/mol. The van der Waals surface area contributed by atoms with E-state index in [1.165, 1.54) is 0 Å². The van der Waals surface area contributed by atoms with Crippen molar-refractivity contribution in [2.45, 2.75) is 26.5 Å². The number of benzene rings is 2. The van der Waals surface area contributed by atoms with E-state index < -0.39 is 0 Å². The van der Waals surface area contributed by atoms with E-state index in [1.54, 1.807) is 6.92 Å². The smallest absolute Gasteiger partial charge is 0.223 e. The van der Waals surface area contributed by atoms with E-state index in [4.69, 9.17) is 15.0 Å². The molecule has 3 aromatic rings. The fraction of sp³-hybridized carbons (Fsp3) is 0.250. The number of fused-ring (bicyclic) bond motifs is 1. The first-order valence-electron chi connectivity index (χ1n) is 6.84. The maximum Gasteiger partial charge on any atom is 0.223 e. The highest BCUT2D eigenvalue weighted by molar-refractivity contribution is 5.89. The topological polar surface area (TPSA) is 74.2 Å². The maximum absolute atomic E-state index is 6.05. The summed E-state index contributed by atoms with van der Waals surface area (Å²) in [6.07, 6.45) is 0. The molecule has 0 aliphatic rings. The molecule has 0 amide bonds. The summed E-state index contributed by atoms with van der Waals surface area (Å²) < 4.78 is 10.9. The molecule has 5 heteroatoms. The van der Waals surface area contributed by atoms with Crippen LogP contribution in [0.4, 0.5) is 0 Å². The van der Waals surface area contributed by atoms with Crippen LogP contribution in [0.1, 0.15) is 30.2 Å². The van der Waals surface area contributed by atoms with Crippen LogP contribution in [-0.2, 0) is 6.61 Å². The highest BCUT2D eigenvalue weighted by Crippen LogP contribution is 2.33. The number of hydrogen-bond donors (Lipinski definition) is 1. The molecule has 1 aromatic heterocycles. The van der Waals surface area contributed by atoms with E-state index in [9.17, 15) is 0 Å². The van der Waals surface area contributed by atoms with Crippen LogP contribution < -0.4 is 10.5 Å². The quantitative estimate of drug-likeness (QED) is 0.796. The minimum absolute atomic E-state index is 0.114. The van der Waals surface area contributed by atoms with Crippen LogP contribution in [-0.4, -0.2) is 10.1 Å². The molecule has 0 spiro atoms. The molecule has 0 aliphatic heterocycles. The Labute approximate surface area is 122 Å². The standard InChI is InChI=1S/C16H17N3O2/c1-10(17)13-8-7-12-5-3-4-6-14(12)16(13)20-9-15-18-11(2)21-19-15/h3-8,10H,9,17H2,1-2H3/t10-/m1/s1. The molecule has 0 aliphatic carbocycles. The van der Waals surface area contributed by atoms with Crippen LogP contribution in [0.5, 0.6) is 5.75 Å². The van der Waals surface area contributed by atoms with Crippen LogP contribution in [0.25, 0.3) is 10.8 Å². The molecule has 0 saturated heterocycles. The second-order valence-corrected chi connectivity index (χ2v) is 5.01. The van der Waals surface area contributed by atoms with Gasteiger partial charge in [-0.1, -0.05) is 41.6 Å². The van der Waals surface area contributed by atoms with Crippen LogP contribution >= 0.6 is 0 Å². The third kappa shape index (κ3) is 2.73. The van der Waals surface area contributed by atoms with E-state index in [2.05, 4.69) is 16.2 Å². The van der Waals surface area contributed by atoms with Gasteiger partial charge in [-0.05, 0) is 12.3 Å². The zero-order valence-electron chi connectivity index (χ0n) is 12.0. The molecular formula is C16H17N3O2. The summed E-state index contributed by atoms with van der Waals surface area (Å²) in [4.78, 5) is 4.15. The Hall–Kier alpha value is -2.40. The Balaban J connectivity index is 1.99. The number of nitrogens with zero attached hydrogens (tertiary/aromatic N) is 2. The Morgan fingerprint density at radius 2 is 2.05 bits per heavy atom. The molecular weight excluding hydrogens is 266 g/mol. The van der Waals surface area contributed by atoms with Crippen molar-refractivity contribution in [2.75, 3.05) is 0 Å². The highest BCUT2D eigenvalue weighted by atomic mass is 16.5. The van der Waals surface area contributed by atoms with Crippen molar-refractivity contribution in [3.8, 4) is 5.75 Å². The molecule has 0 fully saturated rings. The number of aromatic nitrogens is 2. The first-order chi connectivity index (χ1) is 10.1. The Bertz CT molecular complexity index is 765. The lowest BCUT2D eigenvalue weighted by Gasteiger charge is -2.15. The highest BCUT2D eigenvalue weighted by Gasteiger charge is 2.13. The van der Waals surface area contributed by atoms with E-state index in [0.29, 0.717) is 11.7 Å². The largest absolute Gasteiger partial charge is 0.484 e. The van der Waals surface area contributed by atoms with Crippen LogP contribution in [0.3, 0.4) is 0 Å². The number of ether oxygens (including phenoxy) is 1. The predicted octanol–water partition coefficient (Wildman–Crippen LogP) is 3.13. The molecule has 3 rings (SSSR count). The molecule has 0 unspecified atom stereocenters. The molecule has 2 N–H and O–H groups in total. The molecule has 2 aromatic carbocycles. The lowest BCUT2D eigenvalue weighted by molar-refractivity contribution is 0.285. The third-order valence-electron chi connectivity index (χ3n) is 3.32. The lowest BCUT2D eigenvalue weighted by Crippen LogP contribution is -2.09. The molecule has 1 heterocycles. The van der Waals surface area contributed by atoms with Gasteiger partial charge >= 0.3 is 0 Å². The van der Waals surface area contributed by atoms with Gasteiger partial charge in [-0.25, -0.2) is 0 Å². The molecule has 108 valence electrons. The van der Waals surface area contributed by atoms with Crippen LogP contribution in [0.15, 0.2) is 40.9 Å². The van der Waals surface area contributed by atoms with Crippen LogP contribution in [0.2, 0.25) is 0 Å². The zero-order valence-corrected chi connectivity index (χ0v) is 12.0. The first kappa shape index (κ1) is 13.6. The normalized spacial score (nSPS) is 12.5. The summed E-state index contributed by atoms with van der Waals surface area (Å²) >= 11 is 0. The molecule has 1 atom stereocenters. The van der Waals surface area contributed by atoms with E-state index in [0.717, 1.165) is 22.1 Å². The van der Waals surface area contributed by atoms with Gasteiger partial charge in [-0.2, -0.15) is 4.98 Å². The average Bonchev–Trinajstić information content (AvgIpc) is 2.90. The van der Waals surface area contributed by atoms with Gasteiger partial charge in [0.2, 0.25) is 11.7 Å². The first-order valence-corrected chi connectivity index (χ1v) is 6.84. The number of rotatable bonds is 4. The maximum atomic E-state index is 6.05. The summed E-state index contributed by atoms with van der Waals surface area (Å²) in [5.74, 6) is 1.83. The molecule has 0 saturated carbocycles. The van der Waals surface area contributed by atoms with Gasteiger partial charge in [-0.3, -0.25) is 0 Å². The third-order valence-corrected chi connectivity index (χ3v) is 3.32. The number of hydrogen-bond acceptors (Lipinski definition) is 5. The summed E-state index contributed by atoms with van der Waals surface area (Å²) in [7, 11) is 0. The van der Waals surface area contributed by atoms with Gasteiger partial charge in [0, 0.05) is 23.9 Å². The fourth-order valence-corrected chi connectivity index (χ4v) is 2.32. The summed E-state index contributed by atoms with van der Waals surface area (Å²) in [6.45, 7) is 3.95. The molecule has 0 radical (unpaired) electrons. The van der Waals surface area contributed by atoms with E-state index in [-0.39, 0.29) is 12.6 Å². The van der Waals surface area contributed by atoms with E-state index >= 15 is 0 Å². The van der Waals surface area contributed by atoms with Crippen molar-refractivity contribution in [3.05, 3.63) is 53.7 Å². The Morgan fingerprint density at radius 3 is 2.76 bits per heavy atom. The Kier molecular flexibility index (Phi) is 3.58. The van der Waals surface area contributed by atoms with Gasteiger partial charge in [0.1, 0.15) is 5.75 Å². The van der Waals surface area contributed by atoms with Gasteiger partial charge in [-0.15, -0.1) is 0 Å². The van der Waals surface area contributed by atoms with Crippen molar-refractivity contribution in [1.29, 1.82) is 0 Å². The number of aryl methyl sites for hydroxylation is 1. The van der Waals surface area contributed by atoms with Gasteiger partial charge in [0.15, 0.2) is 6.61 Å². The summed E-state index contributed by atoms with van der Waals surface area (Å²) in [5.41, 5.74) is 7.02. The Morgan fingerprint density at radius 1 is 1.24 bits per heavy atom. The number of nitrogens with two attached hydrogens (primary N) is 1. The van der Waals surface area contributed by atoms with Crippen molar-refractivity contribution in [1.82, 2.24) is 10.1 Å². The van der Waals surface area contributed by atoms with Crippen molar-refractivity contribution < 1.29 is 9.26 Å². The SMILES string of the molecule is Cc1nc(COc2c([C@@H](C)N)ccc3ccccc23)no1. The van der Waals surface area contributed by atoms with Gasteiger partial charge in [0.25, 0.3) is 0 Å². The van der Waals surface area contributed by atoms with Crippen molar-refractivity contribution >= 4 is 10.8 Å². The zero-order chi connectivity index (χ0) is 14.8. The monoisotopic (exact) mass is 283 g/mol. The van der Waals surface area contributed by atoms with E-state index in [1.807, 2.05) is 37.3 Å². The van der Waals surface area contributed by atoms with Crippen molar-refractivity contribution in [3.63, 3.8) is 0 Å². The minimum atomic E-state index is -0.114. The minimum Gasteiger partial charge on any atom is -0.484 e. The summed E-state index contributed by atoms with van der Waals surface area (Å²) in [6, 6.07) is 12.0. The molecule has 5 nitrogen and oxygen atoms in total. The van der Waals surface area contributed by atoms with Gasteiger partial charge < -0.3 is 15.0 Å². The van der Waals surface area contributed by atoms with Crippen LogP contribution in [0, 0.1) is 6.92 Å². The fourth-order valence-electron chi connectivity index (χ4n) is 2.32. The second kappa shape index (κ2) is 5.54. The van der Waals surface area contributed by atoms with Crippen molar-refractivity contribution in [2.24, 2.45) is 5.73 Å².